The van der Waals surface area contributed by atoms with Gasteiger partial charge in [-0.15, -0.1) is 0 Å². The number of benzene rings is 1. The first-order valence-corrected chi connectivity index (χ1v) is 11.8. The quantitative estimate of drug-likeness (QED) is 0.669. The van der Waals surface area contributed by atoms with Gasteiger partial charge >= 0.3 is 0 Å². The molecule has 1 aliphatic carbocycles. The van der Waals surface area contributed by atoms with Gasteiger partial charge in [0.15, 0.2) is 9.84 Å². The van der Waals surface area contributed by atoms with Gasteiger partial charge in [0.1, 0.15) is 28.4 Å². The van der Waals surface area contributed by atoms with E-state index in [0.29, 0.717) is 30.2 Å². The molecule has 3 heterocycles. The van der Waals surface area contributed by atoms with Crippen molar-refractivity contribution in [3.05, 3.63) is 34.6 Å². The molecule has 1 aromatic carbocycles. The summed E-state index contributed by atoms with van der Waals surface area (Å²) in [4.78, 5) is 14.5. The smallest absolute Gasteiger partial charge is 0.290 e. The van der Waals surface area contributed by atoms with Gasteiger partial charge in [0.2, 0.25) is 0 Å². The number of ether oxygens (including phenoxy) is 1. The molecule has 2 aromatic heterocycles. The van der Waals surface area contributed by atoms with Crippen molar-refractivity contribution in [3.63, 3.8) is 0 Å². The van der Waals surface area contributed by atoms with Gasteiger partial charge in [0, 0.05) is 25.5 Å². The van der Waals surface area contributed by atoms with E-state index in [1.165, 1.54) is 4.68 Å². The van der Waals surface area contributed by atoms with Gasteiger partial charge in [-0.2, -0.15) is 10.2 Å². The molecule has 0 amide bonds. The topological polar surface area (TPSA) is 110 Å². The van der Waals surface area contributed by atoms with Crippen LogP contribution in [0.2, 0.25) is 0 Å². The maximum absolute atomic E-state index is 12.7. The van der Waals surface area contributed by atoms with Crippen LogP contribution < -0.4 is 15.2 Å². The zero-order valence-corrected chi connectivity index (χ0v) is 17.7. The van der Waals surface area contributed by atoms with Gasteiger partial charge in [-0.3, -0.25) is 9.89 Å². The molecule has 0 bridgehead atoms. The molecular formula is C20H23N5O4S. The average molecular weight is 430 g/mol. The summed E-state index contributed by atoms with van der Waals surface area (Å²) in [5.41, 5.74) is 2.10. The number of aromatic nitrogens is 4. The Kier molecular flexibility index (Phi) is 4.18. The number of nitrogens with one attached hydrogen (secondary N) is 1. The number of nitrogens with zero attached hydrogens (tertiary/aromatic N) is 4. The van der Waals surface area contributed by atoms with Crippen LogP contribution >= 0.6 is 0 Å². The number of hydrogen-bond acceptors (Lipinski definition) is 7. The van der Waals surface area contributed by atoms with Crippen LogP contribution in [0.5, 0.6) is 5.75 Å². The molecule has 30 heavy (non-hydrogen) atoms. The third-order valence-corrected chi connectivity index (χ3v) is 7.43. The van der Waals surface area contributed by atoms with Crippen molar-refractivity contribution in [1.29, 1.82) is 0 Å². The number of aryl methyl sites for hydroxylation is 1. The summed E-state index contributed by atoms with van der Waals surface area (Å²) in [6, 6.07) is 7.48. The lowest BCUT2D eigenvalue weighted by Crippen LogP contribution is -2.43. The molecule has 0 spiro atoms. The number of hydrogen-bond donors (Lipinski definition) is 1. The Labute approximate surface area is 173 Å². The van der Waals surface area contributed by atoms with Crippen LogP contribution in [-0.4, -0.2) is 58.6 Å². The molecule has 0 unspecified atom stereocenters. The second kappa shape index (κ2) is 6.56. The van der Waals surface area contributed by atoms with Crippen LogP contribution in [0.3, 0.4) is 0 Å². The Balaban J connectivity index is 1.55. The Morgan fingerprint density at radius 2 is 1.90 bits per heavy atom. The molecule has 2 fully saturated rings. The molecule has 158 valence electrons. The highest BCUT2D eigenvalue weighted by atomic mass is 32.2. The monoisotopic (exact) mass is 429 g/mol. The summed E-state index contributed by atoms with van der Waals surface area (Å²) in [6.07, 6.45) is 2.08. The molecule has 1 aliphatic heterocycles. The lowest BCUT2D eigenvalue weighted by atomic mass is 10.1. The minimum atomic E-state index is -3.04. The van der Waals surface area contributed by atoms with Crippen LogP contribution in [0.25, 0.3) is 22.3 Å². The Bertz CT molecular complexity index is 1290. The normalized spacial score (nSPS) is 19.7. The Morgan fingerprint density at radius 3 is 2.60 bits per heavy atom. The molecule has 9 nitrogen and oxygen atoms in total. The fourth-order valence-electron chi connectivity index (χ4n) is 3.70. The third-order valence-electron chi connectivity index (χ3n) is 5.82. The van der Waals surface area contributed by atoms with E-state index in [9.17, 15) is 13.2 Å². The van der Waals surface area contributed by atoms with Crippen molar-refractivity contribution in [2.24, 2.45) is 7.05 Å². The predicted octanol–water partition coefficient (Wildman–Crippen LogP) is 1.49. The first-order valence-electron chi connectivity index (χ1n) is 9.94. The number of sulfone groups is 1. The highest BCUT2D eigenvalue weighted by Gasteiger charge is 2.40. The molecule has 5 rings (SSSR count). The standard InChI is InChI=1S/C20H23N5O4S/c1-20(5-6-20)29-13-3-4-15-14(11-13)18(22-21-15)16-12-17(19(26)24(2)23-16)25-7-9-30(27,28)10-8-25/h3-4,11-12H,5-10H2,1-2H3,(H,21,22). The first kappa shape index (κ1) is 19.1. The van der Waals surface area contributed by atoms with E-state index in [-0.39, 0.29) is 22.7 Å². The summed E-state index contributed by atoms with van der Waals surface area (Å²) in [6.45, 7) is 2.67. The number of fused-ring (bicyclic) bond motifs is 1. The maximum Gasteiger partial charge on any atom is 0.290 e. The zero-order chi connectivity index (χ0) is 21.1. The number of rotatable bonds is 4. The maximum atomic E-state index is 12.7. The highest BCUT2D eigenvalue weighted by Crippen LogP contribution is 2.40. The zero-order valence-electron chi connectivity index (χ0n) is 16.9. The molecule has 0 atom stereocenters. The third kappa shape index (κ3) is 3.45. The summed E-state index contributed by atoms with van der Waals surface area (Å²) < 4.78 is 30.9. The van der Waals surface area contributed by atoms with Crippen LogP contribution in [0, 0.1) is 0 Å². The number of H-pyrrole nitrogens is 1. The van der Waals surface area contributed by atoms with Crippen molar-refractivity contribution in [2.45, 2.75) is 25.4 Å². The minimum Gasteiger partial charge on any atom is -0.488 e. The fraction of sp³-hybridized carbons (Fsp3) is 0.450. The highest BCUT2D eigenvalue weighted by molar-refractivity contribution is 7.91. The van der Waals surface area contributed by atoms with E-state index in [4.69, 9.17) is 4.74 Å². The van der Waals surface area contributed by atoms with Crippen LogP contribution in [0.4, 0.5) is 5.69 Å². The first-order chi connectivity index (χ1) is 14.2. The van der Waals surface area contributed by atoms with E-state index >= 15 is 0 Å². The lowest BCUT2D eigenvalue weighted by molar-refractivity contribution is 0.200. The fourth-order valence-corrected chi connectivity index (χ4v) is 4.90. The van der Waals surface area contributed by atoms with Crippen molar-refractivity contribution >= 4 is 26.4 Å². The summed E-state index contributed by atoms with van der Waals surface area (Å²) >= 11 is 0. The van der Waals surface area contributed by atoms with Crippen LogP contribution in [0.1, 0.15) is 19.8 Å². The Hall–Kier alpha value is -2.88. The van der Waals surface area contributed by atoms with E-state index in [1.807, 2.05) is 23.1 Å². The second-order valence-corrected chi connectivity index (χ2v) is 10.6. The lowest BCUT2D eigenvalue weighted by Gasteiger charge is -2.28. The molecule has 3 aromatic rings. The van der Waals surface area contributed by atoms with Crippen molar-refractivity contribution < 1.29 is 13.2 Å². The van der Waals surface area contributed by atoms with Crippen molar-refractivity contribution in [3.8, 4) is 17.1 Å². The van der Waals surface area contributed by atoms with Gasteiger partial charge < -0.3 is 9.64 Å². The SMILES string of the molecule is Cn1nc(-c2n[nH]c3ccc(OC4(C)CC4)cc23)cc(N2CCS(=O)(=O)CC2)c1=O. The van der Waals surface area contributed by atoms with E-state index in [1.54, 1.807) is 13.1 Å². The van der Waals surface area contributed by atoms with Gasteiger partial charge in [0.25, 0.3) is 5.56 Å². The van der Waals surface area contributed by atoms with Gasteiger partial charge in [-0.05, 0) is 44.0 Å². The summed E-state index contributed by atoms with van der Waals surface area (Å²) in [7, 11) is -1.45. The molecule has 0 radical (unpaired) electrons. The molecule has 1 N–H and O–H groups in total. The summed E-state index contributed by atoms with van der Waals surface area (Å²) in [5.74, 6) is 0.855. The average Bonchev–Trinajstić information content (AvgIpc) is 3.27. The van der Waals surface area contributed by atoms with Crippen molar-refractivity contribution in [2.75, 3.05) is 29.5 Å². The molecule has 1 saturated heterocycles. The Morgan fingerprint density at radius 1 is 1.17 bits per heavy atom. The van der Waals surface area contributed by atoms with E-state index in [2.05, 4.69) is 22.2 Å². The minimum absolute atomic E-state index is 0.0403. The van der Waals surface area contributed by atoms with Crippen LogP contribution in [-0.2, 0) is 16.9 Å². The van der Waals surface area contributed by atoms with Gasteiger partial charge in [-0.25, -0.2) is 13.1 Å². The molecule has 2 aliphatic rings. The van der Waals surface area contributed by atoms with Crippen molar-refractivity contribution in [1.82, 2.24) is 20.0 Å². The van der Waals surface area contributed by atoms with Crippen LogP contribution in [0.15, 0.2) is 29.1 Å². The second-order valence-electron chi connectivity index (χ2n) is 8.31. The van der Waals surface area contributed by atoms with E-state index in [0.717, 1.165) is 29.5 Å². The predicted molar refractivity (Wildman–Crippen MR) is 114 cm³/mol. The van der Waals surface area contributed by atoms with Gasteiger partial charge in [-0.1, -0.05) is 0 Å². The van der Waals surface area contributed by atoms with E-state index < -0.39 is 9.84 Å². The number of anilines is 1. The molecule has 1 saturated carbocycles. The summed E-state index contributed by atoms with van der Waals surface area (Å²) in [5, 5.41) is 12.7. The van der Waals surface area contributed by atoms with Gasteiger partial charge in [0.05, 0.1) is 17.0 Å². The largest absolute Gasteiger partial charge is 0.488 e. The number of aromatic amines is 1. The molecule has 10 heteroatoms. The molecular weight excluding hydrogens is 406 g/mol.